The molecule has 2 amide bonds. The van der Waals surface area contributed by atoms with E-state index in [-0.39, 0.29) is 10.5 Å². The average molecular weight is 298 g/mol. The molecule has 0 saturated carbocycles. The molecule has 20 heavy (non-hydrogen) atoms. The lowest BCUT2D eigenvalue weighted by Gasteiger charge is -2.24. The Kier molecular flexibility index (Phi) is 3.55. The van der Waals surface area contributed by atoms with Crippen molar-refractivity contribution < 1.29 is 27.9 Å². The molecule has 0 atom stereocenters. The van der Waals surface area contributed by atoms with Crippen LogP contribution in [0.3, 0.4) is 0 Å². The van der Waals surface area contributed by atoms with Crippen LogP contribution in [-0.4, -0.2) is 48.7 Å². The van der Waals surface area contributed by atoms with Crippen molar-refractivity contribution in [3.8, 4) is 0 Å². The number of nitrogens with one attached hydrogen (secondary N) is 1. The fourth-order valence-corrected chi connectivity index (χ4v) is 3.05. The van der Waals surface area contributed by atoms with Gasteiger partial charge in [-0.1, -0.05) is 0 Å². The Balaban J connectivity index is 2.32. The van der Waals surface area contributed by atoms with Crippen LogP contribution in [0.2, 0.25) is 0 Å². The maximum atomic E-state index is 12.2. The number of rotatable bonds is 3. The van der Waals surface area contributed by atoms with E-state index in [4.69, 9.17) is 5.11 Å². The normalized spacial score (nSPS) is 16.8. The summed E-state index contributed by atoms with van der Waals surface area (Å²) in [6.45, 7) is -0.899. The summed E-state index contributed by atoms with van der Waals surface area (Å²) in [5.41, 5.74) is -0.0589. The molecule has 1 aliphatic heterocycles. The van der Waals surface area contributed by atoms with Gasteiger partial charge in [-0.05, 0) is 24.3 Å². The molecule has 2 N–H and O–H groups in total. The molecule has 0 aromatic heterocycles. The van der Waals surface area contributed by atoms with Crippen molar-refractivity contribution in [2.45, 2.75) is 4.90 Å². The van der Waals surface area contributed by atoms with Gasteiger partial charge in [0.15, 0.2) is 0 Å². The number of hydrogen-bond donors (Lipinski definition) is 2. The van der Waals surface area contributed by atoms with Crippen molar-refractivity contribution in [3.63, 3.8) is 0 Å². The minimum absolute atomic E-state index is 0.0589. The zero-order valence-electron chi connectivity index (χ0n) is 10.1. The van der Waals surface area contributed by atoms with E-state index in [1.807, 2.05) is 5.32 Å². The van der Waals surface area contributed by atoms with Gasteiger partial charge in [0.25, 0.3) is 0 Å². The van der Waals surface area contributed by atoms with E-state index in [2.05, 4.69) is 0 Å². The molecule has 1 aromatic rings. The number of benzene rings is 1. The second kappa shape index (κ2) is 5.02. The van der Waals surface area contributed by atoms with Crippen molar-refractivity contribution >= 4 is 27.8 Å². The molecule has 0 radical (unpaired) electrons. The Morgan fingerprint density at radius 1 is 1.10 bits per heavy atom. The summed E-state index contributed by atoms with van der Waals surface area (Å²) < 4.78 is 25.2. The van der Waals surface area contributed by atoms with Crippen LogP contribution < -0.4 is 5.32 Å². The zero-order chi connectivity index (χ0) is 14.9. The van der Waals surface area contributed by atoms with E-state index >= 15 is 0 Å². The Hall–Kier alpha value is -2.26. The number of carbonyl (C=O) groups excluding carboxylic acids is 2. The Morgan fingerprint density at radius 3 is 2.05 bits per heavy atom. The van der Waals surface area contributed by atoms with Gasteiger partial charge in [0, 0.05) is 0 Å². The first-order chi connectivity index (χ1) is 9.30. The first-order valence-corrected chi connectivity index (χ1v) is 6.91. The number of nitrogens with zero attached hydrogens (tertiary/aromatic N) is 1. The van der Waals surface area contributed by atoms with Crippen molar-refractivity contribution in [2.24, 2.45) is 0 Å². The number of carboxylic acid groups (broad SMARTS) is 1. The maximum Gasteiger partial charge on any atom is 0.335 e. The summed E-state index contributed by atoms with van der Waals surface area (Å²) >= 11 is 0. The van der Waals surface area contributed by atoms with E-state index in [1.54, 1.807) is 0 Å². The molecular formula is C11H10N2O6S. The fourth-order valence-electron chi connectivity index (χ4n) is 1.70. The lowest BCUT2D eigenvalue weighted by molar-refractivity contribution is -0.134. The number of carbonyl (C=O) groups is 3. The third-order valence-corrected chi connectivity index (χ3v) is 4.46. The van der Waals surface area contributed by atoms with Crippen LogP contribution in [0.25, 0.3) is 0 Å². The van der Waals surface area contributed by atoms with E-state index in [0.717, 1.165) is 28.6 Å². The molecule has 1 heterocycles. The molecule has 0 bridgehead atoms. The SMILES string of the molecule is O=C1CN(S(=O)(=O)c2ccc(C(=O)O)cc2)CC(=O)N1. The van der Waals surface area contributed by atoms with Crippen LogP contribution in [0.1, 0.15) is 10.4 Å². The van der Waals surface area contributed by atoms with E-state index in [1.165, 1.54) is 0 Å². The van der Waals surface area contributed by atoms with Gasteiger partial charge >= 0.3 is 5.97 Å². The highest BCUT2D eigenvalue weighted by Gasteiger charge is 2.32. The summed E-state index contributed by atoms with van der Waals surface area (Å²) in [5.74, 6) is -2.58. The number of aromatic carboxylic acids is 1. The number of imide groups is 1. The van der Waals surface area contributed by atoms with Gasteiger partial charge in [-0.3, -0.25) is 14.9 Å². The van der Waals surface area contributed by atoms with Gasteiger partial charge in [0.05, 0.1) is 23.5 Å². The predicted octanol–water partition coefficient (Wildman–Crippen LogP) is -0.968. The van der Waals surface area contributed by atoms with Crippen molar-refractivity contribution in [3.05, 3.63) is 29.8 Å². The number of piperazine rings is 1. The molecule has 1 aromatic carbocycles. The number of hydrogen-bond acceptors (Lipinski definition) is 5. The molecule has 1 saturated heterocycles. The zero-order valence-corrected chi connectivity index (χ0v) is 10.9. The maximum absolute atomic E-state index is 12.2. The molecule has 0 aliphatic carbocycles. The minimum atomic E-state index is -4.01. The molecule has 9 heteroatoms. The van der Waals surface area contributed by atoms with Crippen molar-refractivity contribution in [1.29, 1.82) is 0 Å². The standard InChI is InChI=1S/C11H10N2O6S/c14-9-5-13(6-10(15)12-9)20(18,19)8-3-1-7(2-4-8)11(16)17/h1-4H,5-6H2,(H,16,17)(H,12,14,15). The third kappa shape index (κ3) is 2.68. The first-order valence-electron chi connectivity index (χ1n) is 5.47. The monoisotopic (exact) mass is 298 g/mol. The van der Waals surface area contributed by atoms with Crippen LogP contribution in [0, 0.1) is 0 Å². The minimum Gasteiger partial charge on any atom is -0.478 e. The van der Waals surface area contributed by atoms with Crippen LogP contribution in [-0.2, 0) is 19.6 Å². The Morgan fingerprint density at radius 2 is 1.60 bits per heavy atom. The molecule has 106 valence electrons. The number of amides is 2. The highest BCUT2D eigenvalue weighted by molar-refractivity contribution is 7.89. The van der Waals surface area contributed by atoms with Gasteiger partial charge in [-0.15, -0.1) is 0 Å². The highest BCUT2D eigenvalue weighted by Crippen LogP contribution is 2.17. The summed E-state index contributed by atoms with van der Waals surface area (Å²) in [6, 6.07) is 4.52. The van der Waals surface area contributed by atoms with E-state index in [9.17, 15) is 22.8 Å². The largest absolute Gasteiger partial charge is 0.478 e. The number of sulfonamides is 1. The smallest absolute Gasteiger partial charge is 0.335 e. The lowest BCUT2D eigenvalue weighted by Crippen LogP contribution is -2.53. The number of carboxylic acids is 1. The molecule has 8 nitrogen and oxygen atoms in total. The van der Waals surface area contributed by atoms with Gasteiger partial charge in [-0.2, -0.15) is 4.31 Å². The van der Waals surface area contributed by atoms with Crippen LogP contribution >= 0.6 is 0 Å². The highest BCUT2D eigenvalue weighted by atomic mass is 32.2. The molecule has 2 rings (SSSR count). The lowest BCUT2D eigenvalue weighted by atomic mass is 10.2. The van der Waals surface area contributed by atoms with Crippen molar-refractivity contribution in [1.82, 2.24) is 9.62 Å². The van der Waals surface area contributed by atoms with Gasteiger partial charge in [0.1, 0.15) is 0 Å². The Bertz CT molecular complexity index is 663. The first kappa shape index (κ1) is 14.2. The molecular weight excluding hydrogens is 288 g/mol. The summed E-state index contributed by atoms with van der Waals surface area (Å²) in [6.07, 6.45) is 0. The summed E-state index contributed by atoms with van der Waals surface area (Å²) in [4.78, 5) is 32.9. The van der Waals surface area contributed by atoms with E-state index < -0.39 is 40.9 Å². The molecule has 1 aliphatic rings. The second-order valence-electron chi connectivity index (χ2n) is 4.07. The topological polar surface area (TPSA) is 121 Å². The molecule has 1 fully saturated rings. The Labute approximate surface area is 114 Å². The predicted molar refractivity (Wildman–Crippen MR) is 65.3 cm³/mol. The van der Waals surface area contributed by atoms with Crippen LogP contribution in [0.15, 0.2) is 29.2 Å². The third-order valence-electron chi connectivity index (χ3n) is 2.66. The molecule has 0 unspecified atom stereocenters. The fraction of sp³-hybridized carbons (Fsp3) is 0.182. The summed E-state index contributed by atoms with van der Waals surface area (Å²) in [5, 5.41) is 10.7. The quantitative estimate of drug-likeness (QED) is 0.693. The average Bonchev–Trinajstić information content (AvgIpc) is 2.37. The van der Waals surface area contributed by atoms with Gasteiger partial charge in [-0.25, -0.2) is 13.2 Å². The van der Waals surface area contributed by atoms with Gasteiger partial charge in [0.2, 0.25) is 21.8 Å². The van der Waals surface area contributed by atoms with Crippen LogP contribution in [0.4, 0.5) is 0 Å². The second-order valence-corrected chi connectivity index (χ2v) is 6.01. The van der Waals surface area contributed by atoms with Crippen LogP contribution in [0.5, 0.6) is 0 Å². The van der Waals surface area contributed by atoms with Crippen molar-refractivity contribution in [2.75, 3.05) is 13.1 Å². The molecule has 0 spiro atoms. The van der Waals surface area contributed by atoms with Gasteiger partial charge < -0.3 is 5.11 Å². The van der Waals surface area contributed by atoms with E-state index in [0.29, 0.717) is 0 Å². The summed E-state index contributed by atoms with van der Waals surface area (Å²) in [7, 11) is -4.01.